The van der Waals surface area contributed by atoms with E-state index in [1.165, 1.54) is 186 Å². The molecule has 0 radical (unpaired) electrons. The van der Waals surface area contributed by atoms with E-state index in [1.54, 1.807) is 0 Å². The van der Waals surface area contributed by atoms with E-state index in [2.05, 4.69) is 34.6 Å². The third kappa shape index (κ3) is 45.9. The summed E-state index contributed by atoms with van der Waals surface area (Å²) in [6.07, 6.45) is 48.0. The van der Waals surface area contributed by atoms with Gasteiger partial charge in [0.25, 0.3) is 0 Å². The molecule has 0 aliphatic rings. The van der Waals surface area contributed by atoms with E-state index in [-0.39, 0.29) is 31.1 Å². The number of hydrogen-bond donors (Lipinski definition) is 0. The molecule has 0 amide bonds. The first-order valence-electron chi connectivity index (χ1n) is 26.8. The number of hydrogen-bond acceptors (Lipinski definition) is 6. The Morgan fingerprint density at radius 2 is 0.633 bits per heavy atom. The first-order valence-corrected chi connectivity index (χ1v) is 26.8. The molecule has 0 saturated heterocycles. The quantitative estimate of drug-likeness (QED) is 0.0345. The molecule has 0 aliphatic carbocycles. The summed E-state index contributed by atoms with van der Waals surface area (Å²) in [7, 11) is 0. The maximum atomic E-state index is 12.8. The van der Waals surface area contributed by atoms with Crippen molar-refractivity contribution in [3.63, 3.8) is 0 Å². The maximum absolute atomic E-state index is 12.8. The molecule has 0 rings (SSSR count). The molecule has 1 unspecified atom stereocenters. The summed E-state index contributed by atoms with van der Waals surface area (Å²) in [4.78, 5) is 38.0. The molecule has 0 aliphatic heterocycles. The van der Waals surface area contributed by atoms with Gasteiger partial charge in [-0.1, -0.05) is 259 Å². The number of unbranched alkanes of at least 4 members (excludes halogenated alkanes) is 32. The van der Waals surface area contributed by atoms with E-state index >= 15 is 0 Å². The summed E-state index contributed by atoms with van der Waals surface area (Å²) in [6.45, 7) is 11.4. The van der Waals surface area contributed by atoms with Crippen molar-refractivity contribution < 1.29 is 28.6 Å². The average Bonchev–Trinajstić information content (AvgIpc) is 3.23. The van der Waals surface area contributed by atoms with Crippen molar-refractivity contribution in [3.8, 4) is 0 Å². The average molecular weight is 849 g/mol. The second kappa shape index (κ2) is 46.9. The number of esters is 3. The van der Waals surface area contributed by atoms with Crippen LogP contribution in [0.15, 0.2) is 0 Å². The van der Waals surface area contributed by atoms with E-state index in [4.69, 9.17) is 14.2 Å². The van der Waals surface area contributed by atoms with Crippen molar-refractivity contribution >= 4 is 17.9 Å². The van der Waals surface area contributed by atoms with E-state index in [1.807, 2.05) is 0 Å². The second-order valence-corrected chi connectivity index (χ2v) is 19.2. The summed E-state index contributed by atoms with van der Waals surface area (Å²) < 4.78 is 16.8. The molecule has 356 valence electrons. The fraction of sp³-hybridized carbons (Fsp3) is 0.944. The lowest BCUT2D eigenvalue weighted by molar-refractivity contribution is -0.167. The predicted molar refractivity (Wildman–Crippen MR) is 256 cm³/mol. The first-order chi connectivity index (χ1) is 29.3. The fourth-order valence-electron chi connectivity index (χ4n) is 8.13. The van der Waals surface area contributed by atoms with Crippen LogP contribution in [0.5, 0.6) is 0 Å². The molecule has 0 aromatic carbocycles. The monoisotopic (exact) mass is 849 g/mol. The van der Waals surface area contributed by atoms with Crippen LogP contribution in [0, 0.1) is 11.8 Å². The Morgan fingerprint density at radius 3 is 0.950 bits per heavy atom. The topological polar surface area (TPSA) is 78.9 Å². The lowest BCUT2D eigenvalue weighted by Gasteiger charge is -2.18. The summed E-state index contributed by atoms with van der Waals surface area (Å²) in [5, 5.41) is 0. The lowest BCUT2D eigenvalue weighted by atomic mass is 9.99. The highest BCUT2D eigenvalue weighted by Gasteiger charge is 2.19. The van der Waals surface area contributed by atoms with E-state index < -0.39 is 6.10 Å². The van der Waals surface area contributed by atoms with Crippen molar-refractivity contribution in [2.45, 2.75) is 304 Å². The summed E-state index contributed by atoms with van der Waals surface area (Å²) in [5.74, 6) is 0.824. The Balaban J connectivity index is 4.30. The minimum Gasteiger partial charge on any atom is -0.462 e. The first kappa shape index (κ1) is 58.4. The number of ether oxygens (including phenoxy) is 3. The van der Waals surface area contributed by atoms with Crippen LogP contribution in [-0.4, -0.2) is 37.2 Å². The zero-order valence-electron chi connectivity index (χ0n) is 41.1. The lowest BCUT2D eigenvalue weighted by Crippen LogP contribution is -2.30. The highest BCUT2D eigenvalue weighted by Crippen LogP contribution is 2.18. The minimum atomic E-state index is -0.762. The smallest absolute Gasteiger partial charge is 0.306 e. The number of carbonyl (C=O) groups excluding carboxylic acids is 3. The largest absolute Gasteiger partial charge is 0.462 e. The highest BCUT2D eigenvalue weighted by molar-refractivity contribution is 5.71. The third-order valence-electron chi connectivity index (χ3n) is 12.6. The molecular weight excluding hydrogens is 745 g/mol. The van der Waals surface area contributed by atoms with E-state index in [0.29, 0.717) is 19.3 Å². The van der Waals surface area contributed by atoms with Crippen LogP contribution in [0.3, 0.4) is 0 Å². The summed E-state index contributed by atoms with van der Waals surface area (Å²) in [6, 6.07) is 0. The molecule has 0 saturated carbocycles. The van der Waals surface area contributed by atoms with Crippen LogP contribution in [0.2, 0.25) is 0 Å². The molecule has 2 atom stereocenters. The molecule has 60 heavy (non-hydrogen) atoms. The molecule has 0 aromatic heterocycles. The molecule has 6 nitrogen and oxygen atoms in total. The Morgan fingerprint density at radius 1 is 0.350 bits per heavy atom. The number of carbonyl (C=O) groups is 3. The second-order valence-electron chi connectivity index (χ2n) is 19.2. The van der Waals surface area contributed by atoms with Gasteiger partial charge < -0.3 is 14.2 Å². The van der Waals surface area contributed by atoms with Gasteiger partial charge in [-0.05, 0) is 31.1 Å². The minimum absolute atomic E-state index is 0.0638. The van der Waals surface area contributed by atoms with Gasteiger partial charge in [-0.15, -0.1) is 0 Å². The maximum Gasteiger partial charge on any atom is 0.306 e. The summed E-state index contributed by atoms with van der Waals surface area (Å²) >= 11 is 0. The van der Waals surface area contributed by atoms with Crippen LogP contribution >= 0.6 is 0 Å². The molecular formula is C54H104O6. The molecule has 6 heteroatoms. The van der Waals surface area contributed by atoms with E-state index in [0.717, 1.165) is 69.6 Å². The van der Waals surface area contributed by atoms with Crippen LogP contribution in [0.25, 0.3) is 0 Å². The van der Waals surface area contributed by atoms with E-state index in [9.17, 15) is 14.4 Å². The van der Waals surface area contributed by atoms with Gasteiger partial charge >= 0.3 is 17.9 Å². The Hall–Kier alpha value is -1.59. The molecule has 0 heterocycles. The van der Waals surface area contributed by atoms with Gasteiger partial charge in [-0.3, -0.25) is 14.4 Å². The zero-order chi connectivity index (χ0) is 44.0. The molecule has 0 fully saturated rings. The van der Waals surface area contributed by atoms with Crippen molar-refractivity contribution in [1.82, 2.24) is 0 Å². The van der Waals surface area contributed by atoms with Gasteiger partial charge in [-0.2, -0.15) is 0 Å². The predicted octanol–water partition coefficient (Wildman–Crippen LogP) is 17.3. The number of rotatable bonds is 48. The summed E-state index contributed by atoms with van der Waals surface area (Å²) in [5.41, 5.74) is 0. The Labute approximate surface area is 374 Å². The molecule has 0 spiro atoms. The standard InChI is InChI=1S/C54H104O6/c1-6-8-9-10-11-12-13-14-15-16-17-20-23-29-34-39-44-52(55)58-47-51(60-54(57)46-41-36-31-26-25-28-33-38-43-50(5)7-2)48-59-53(56)45-40-35-30-24-21-18-19-22-27-32-37-42-49(3)4/h49-51H,6-48H2,1-5H3/t50?,51-/m0/s1. The van der Waals surface area contributed by atoms with Gasteiger partial charge in [-0.25, -0.2) is 0 Å². The van der Waals surface area contributed by atoms with Crippen molar-refractivity contribution in [1.29, 1.82) is 0 Å². The zero-order valence-corrected chi connectivity index (χ0v) is 41.1. The fourth-order valence-corrected chi connectivity index (χ4v) is 8.13. The van der Waals surface area contributed by atoms with Gasteiger partial charge in [0.05, 0.1) is 0 Å². The van der Waals surface area contributed by atoms with Gasteiger partial charge in [0.15, 0.2) is 6.10 Å². The Bertz CT molecular complexity index is 918. The van der Waals surface area contributed by atoms with Crippen molar-refractivity contribution in [2.75, 3.05) is 13.2 Å². The normalized spacial score (nSPS) is 12.5. The molecule has 0 N–H and O–H groups in total. The SMILES string of the molecule is CCCCCCCCCCCCCCCCCCC(=O)OC[C@@H](COC(=O)CCCCCCCCCCCCCC(C)C)OC(=O)CCCCCCCCCCC(C)CC. The van der Waals surface area contributed by atoms with Gasteiger partial charge in [0.2, 0.25) is 0 Å². The van der Waals surface area contributed by atoms with Gasteiger partial charge in [0.1, 0.15) is 13.2 Å². The highest BCUT2D eigenvalue weighted by atomic mass is 16.6. The molecule has 0 bridgehead atoms. The van der Waals surface area contributed by atoms with Crippen molar-refractivity contribution in [3.05, 3.63) is 0 Å². The van der Waals surface area contributed by atoms with Crippen LogP contribution < -0.4 is 0 Å². The molecule has 0 aromatic rings. The van der Waals surface area contributed by atoms with Crippen molar-refractivity contribution in [2.24, 2.45) is 11.8 Å². The Kier molecular flexibility index (Phi) is 45.7. The van der Waals surface area contributed by atoms with Crippen LogP contribution in [0.4, 0.5) is 0 Å². The third-order valence-corrected chi connectivity index (χ3v) is 12.6. The van der Waals surface area contributed by atoms with Gasteiger partial charge in [0, 0.05) is 19.3 Å². The van der Waals surface area contributed by atoms with Crippen LogP contribution in [-0.2, 0) is 28.6 Å². The van der Waals surface area contributed by atoms with Crippen LogP contribution in [0.1, 0.15) is 298 Å².